The third-order valence-corrected chi connectivity index (χ3v) is 4.77. The lowest BCUT2D eigenvalue weighted by Crippen LogP contribution is -2.59. The second kappa shape index (κ2) is 4.62. The van der Waals surface area contributed by atoms with E-state index in [1.807, 2.05) is 0 Å². The minimum Gasteiger partial charge on any atom is -0.277 e. The predicted molar refractivity (Wildman–Crippen MR) is 68.1 cm³/mol. The Kier molecular flexibility index (Phi) is 3.07. The van der Waals surface area contributed by atoms with Crippen LogP contribution in [0.4, 0.5) is 4.79 Å². The molecule has 3 rings (SSSR count). The topological polar surface area (TPSA) is 66.5 Å². The average Bonchev–Trinajstić information content (AvgIpc) is 3.03. The molecule has 5 nitrogen and oxygen atoms in total. The van der Waals surface area contributed by atoms with Crippen molar-refractivity contribution in [3.05, 3.63) is 0 Å². The fourth-order valence-corrected chi connectivity index (χ4v) is 3.34. The van der Waals surface area contributed by atoms with Crippen LogP contribution in [-0.2, 0) is 9.59 Å². The van der Waals surface area contributed by atoms with Gasteiger partial charge in [-0.15, -0.1) is 0 Å². The Morgan fingerprint density at radius 1 is 1.16 bits per heavy atom. The molecule has 1 N–H and O–H groups in total. The Morgan fingerprint density at radius 3 is 2.47 bits per heavy atom. The molecule has 0 atom stereocenters. The number of amides is 4. The third-order valence-electron chi connectivity index (χ3n) is 4.77. The number of barbiturate groups is 1. The summed E-state index contributed by atoms with van der Waals surface area (Å²) in [6, 6.07) is -0.529. The first-order valence-corrected chi connectivity index (χ1v) is 7.31. The summed E-state index contributed by atoms with van der Waals surface area (Å²) < 4.78 is 0. The molecular weight excluding hydrogens is 244 g/mol. The van der Waals surface area contributed by atoms with E-state index in [2.05, 4.69) is 5.32 Å². The maximum Gasteiger partial charge on any atom is 0.330 e. The molecular formula is C14H20N2O3. The Hall–Kier alpha value is -1.39. The van der Waals surface area contributed by atoms with Crippen molar-refractivity contribution in [1.29, 1.82) is 0 Å². The normalized spacial score (nSPS) is 26.1. The number of imide groups is 2. The molecule has 0 radical (unpaired) electrons. The zero-order valence-corrected chi connectivity index (χ0v) is 11.1. The second-order valence-corrected chi connectivity index (χ2v) is 6.09. The van der Waals surface area contributed by atoms with Crippen LogP contribution in [0, 0.1) is 11.3 Å². The summed E-state index contributed by atoms with van der Waals surface area (Å²) in [6.07, 6.45) is 8.29. The van der Waals surface area contributed by atoms with Gasteiger partial charge in [-0.25, -0.2) is 4.79 Å². The lowest BCUT2D eigenvalue weighted by Gasteiger charge is -2.30. The van der Waals surface area contributed by atoms with Crippen molar-refractivity contribution in [3.8, 4) is 0 Å². The molecule has 1 spiro atoms. The SMILES string of the molecule is O=C1NC(=O)C2(CC2)C(=O)N1CCCC1CCCC1. The van der Waals surface area contributed by atoms with E-state index in [4.69, 9.17) is 0 Å². The maximum atomic E-state index is 12.2. The van der Waals surface area contributed by atoms with Gasteiger partial charge in [0.2, 0.25) is 11.8 Å². The Bertz CT molecular complexity index is 422. The lowest BCUT2D eigenvalue weighted by atomic mass is 9.99. The Balaban J connectivity index is 1.55. The highest BCUT2D eigenvalue weighted by molar-refractivity contribution is 6.20. The van der Waals surface area contributed by atoms with Gasteiger partial charge in [-0.3, -0.25) is 19.8 Å². The third kappa shape index (κ3) is 2.15. The molecule has 2 saturated carbocycles. The molecule has 4 amide bonds. The van der Waals surface area contributed by atoms with E-state index in [0.717, 1.165) is 18.8 Å². The van der Waals surface area contributed by atoms with Crippen LogP contribution in [0.3, 0.4) is 0 Å². The highest BCUT2D eigenvalue weighted by atomic mass is 16.2. The van der Waals surface area contributed by atoms with Crippen LogP contribution in [0.5, 0.6) is 0 Å². The van der Waals surface area contributed by atoms with E-state index in [0.29, 0.717) is 19.4 Å². The largest absolute Gasteiger partial charge is 0.330 e. The highest BCUT2D eigenvalue weighted by Gasteiger charge is 2.61. The summed E-state index contributed by atoms with van der Waals surface area (Å²) in [5.74, 6) is 0.0988. The molecule has 104 valence electrons. The van der Waals surface area contributed by atoms with E-state index >= 15 is 0 Å². The van der Waals surface area contributed by atoms with E-state index in [9.17, 15) is 14.4 Å². The van der Waals surface area contributed by atoms with E-state index in [-0.39, 0.29) is 5.91 Å². The summed E-state index contributed by atoms with van der Waals surface area (Å²) in [7, 11) is 0. The number of carbonyl (C=O) groups is 3. The molecule has 0 unspecified atom stereocenters. The van der Waals surface area contributed by atoms with Crippen LogP contribution in [0.1, 0.15) is 51.4 Å². The zero-order chi connectivity index (χ0) is 13.5. The number of rotatable bonds is 4. The average molecular weight is 264 g/mol. The molecule has 3 fully saturated rings. The highest BCUT2D eigenvalue weighted by Crippen LogP contribution is 2.49. The second-order valence-electron chi connectivity index (χ2n) is 6.09. The smallest absolute Gasteiger partial charge is 0.277 e. The van der Waals surface area contributed by atoms with E-state index in [1.165, 1.54) is 30.6 Å². The van der Waals surface area contributed by atoms with Crippen molar-refractivity contribution in [2.75, 3.05) is 6.54 Å². The number of hydrogen-bond donors (Lipinski definition) is 1. The molecule has 0 aromatic rings. The van der Waals surface area contributed by atoms with Gasteiger partial charge in [0.05, 0.1) is 0 Å². The summed E-state index contributed by atoms with van der Waals surface area (Å²) in [6.45, 7) is 0.455. The van der Waals surface area contributed by atoms with E-state index < -0.39 is 17.4 Å². The molecule has 19 heavy (non-hydrogen) atoms. The van der Waals surface area contributed by atoms with Gasteiger partial charge >= 0.3 is 6.03 Å². The molecule has 0 bridgehead atoms. The molecule has 1 saturated heterocycles. The first kappa shape index (κ1) is 12.6. The maximum absolute atomic E-state index is 12.2. The van der Waals surface area contributed by atoms with Gasteiger partial charge in [-0.2, -0.15) is 0 Å². The van der Waals surface area contributed by atoms with Gasteiger partial charge in [0.15, 0.2) is 0 Å². The van der Waals surface area contributed by atoms with Crippen LogP contribution >= 0.6 is 0 Å². The Labute approximate surface area is 112 Å². The minimum atomic E-state index is -0.888. The van der Waals surface area contributed by atoms with Crippen molar-refractivity contribution in [2.45, 2.75) is 51.4 Å². The molecule has 2 aliphatic carbocycles. The van der Waals surface area contributed by atoms with Crippen molar-refractivity contribution in [2.24, 2.45) is 11.3 Å². The van der Waals surface area contributed by atoms with Gasteiger partial charge in [0, 0.05) is 6.54 Å². The van der Waals surface area contributed by atoms with Crippen molar-refractivity contribution < 1.29 is 14.4 Å². The summed E-state index contributed by atoms with van der Waals surface area (Å²) in [5.41, 5.74) is -0.888. The summed E-state index contributed by atoms with van der Waals surface area (Å²) in [4.78, 5) is 36.8. The van der Waals surface area contributed by atoms with Crippen molar-refractivity contribution in [3.63, 3.8) is 0 Å². The minimum absolute atomic E-state index is 0.271. The molecule has 1 aliphatic heterocycles. The van der Waals surface area contributed by atoms with Gasteiger partial charge in [-0.05, 0) is 31.6 Å². The fourth-order valence-electron chi connectivity index (χ4n) is 3.34. The van der Waals surface area contributed by atoms with Crippen LogP contribution in [0.25, 0.3) is 0 Å². The van der Waals surface area contributed by atoms with Crippen LogP contribution < -0.4 is 5.32 Å². The molecule has 5 heteroatoms. The number of carbonyl (C=O) groups excluding carboxylic acids is 3. The summed E-state index contributed by atoms with van der Waals surface area (Å²) >= 11 is 0. The number of hydrogen-bond acceptors (Lipinski definition) is 3. The van der Waals surface area contributed by atoms with Crippen molar-refractivity contribution >= 4 is 17.8 Å². The van der Waals surface area contributed by atoms with Gasteiger partial charge in [-0.1, -0.05) is 25.7 Å². The molecule has 1 heterocycles. The van der Waals surface area contributed by atoms with Crippen LogP contribution in [0.2, 0.25) is 0 Å². The number of nitrogens with one attached hydrogen (secondary N) is 1. The van der Waals surface area contributed by atoms with E-state index in [1.54, 1.807) is 0 Å². The van der Waals surface area contributed by atoms with Crippen molar-refractivity contribution in [1.82, 2.24) is 10.2 Å². The quantitative estimate of drug-likeness (QED) is 0.787. The molecule has 3 aliphatic rings. The number of urea groups is 1. The Morgan fingerprint density at radius 2 is 1.84 bits per heavy atom. The standard InChI is InChI=1S/C14H20N2O3/c17-11-14(7-8-14)12(18)16(13(19)15-11)9-3-6-10-4-1-2-5-10/h10H,1-9H2,(H,15,17,19). The number of nitrogens with zero attached hydrogens (tertiary/aromatic N) is 1. The van der Waals surface area contributed by atoms with Crippen LogP contribution in [-0.4, -0.2) is 29.3 Å². The molecule has 0 aromatic carbocycles. The van der Waals surface area contributed by atoms with Gasteiger partial charge in [0.25, 0.3) is 0 Å². The van der Waals surface area contributed by atoms with Gasteiger partial charge in [0.1, 0.15) is 5.41 Å². The first-order valence-electron chi connectivity index (χ1n) is 7.31. The zero-order valence-electron chi connectivity index (χ0n) is 11.1. The van der Waals surface area contributed by atoms with Gasteiger partial charge < -0.3 is 0 Å². The lowest BCUT2D eigenvalue weighted by molar-refractivity contribution is -0.144. The van der Waals surface area contributed by atoms with Crippen LogP contribution in [0.15, 0.2) is 0 Å². The monoisotopic (exact) mass is 264 g/mol. The fraction of sp³-hybridized carbons (Fsp3) is 0.786. The first-order chi connectivity index (χ1) is 9.13. The molecule has 0 aromatic heterocycles. The summed E-state index contributed by atoms with van der Waals surface area (Å²) in [5, 5.41) is 2.32. The predicted octanol–water partition coefficient (Wildman–Crippen LogP) is 1.82.